The summed E-state index contributed by atoms with van der Waals surface area (Å²) < 4.78 is 5.87. The number of rotatable bonds is 6. The molecule has 2 heterocycles. The molecule has 0 atom stereocenters. The fraction of sp³-hybridized carbons (Fsp3) is 0.292. The Bertz CT molecular complexity index is 929. The summed E-state index contributed by atoms with van der Waals surface area (Å²) in [4.78, 5) is 18.3. The van der Waals surface area contributed by atoms with E-state index < -0.39 is 0 Å². The lowest BCUT2D eigenvalue weighted by atomic mass is 10.2. The van der Waals surface area contributed by atoms with E-state index >= 15 is 0 Å². The van der Waals surface area contributed by atoms with Crippen molar-refractivity contribution in [3.8, 4) is 5.75 Å². The molecule has 1 aliphatic rings. The van der Waals surface area contributed by atoms with Crippen molar-refractivity contribution < 1.29 is 9.53 Å². The molecule has 0 N–H and O–H groups in total. The van der Waals surface area contributed by atoms with Gasteiger partial charge in [0.25, 0.3) is 5.91 Å². The molecule has 0 spiro atoms. The monoisotopic (exact) mass is 406 g/mol. The van der Waals surface area contributed by atoms with E-state index in [4.69, 9.17) is 4.74 Å². The minimum Gasteiger partial charge on any atom is -0.489 e. The van der Waals surface area contributed by atoms with Crippen molar-refractivity contribution in [2.24, 2.45) is 0 Å². The predicted molar refractivity (Wildman–Crippen MR) is 119 cm³/mol. The highest BCUT2D eigenvalue weighted by atomic mass is 32.1. The molecule has 1 aliphatic heterocycles. The minimum atomic E-state index is 0.158. The van der Waals surface area contributed by atoms with Gasteiger partial charge in [-0.05, 0) is 42.3 Å². The van der Waals surface area contributed by atoms with E-state index in [0.29, 0.717) is 6.61 Å². The third-order valence-corrected chi connectivity index (χ3v) is 6.35. The third kappa shape index (κ3) is 4.80. The summed E-state index contributed by atoms with van der Waals surface area (Å²) in [5, 5.41) is 1.99. The van der Waals surface area contributed by atoms with Crippen molar-refractivity contribution in [3.05, 3.63) is 82.0 Å². The summed E-state index contributed by atoms with van der Waals surface area (Å²) in [6.07, 6.45) is 0.983. The van der Waals surface area contributed by atoms with Crippen LogP contribution in [0.3, 0.4) is 0 Å². The first kappa shape index (κ1) is 19.5. The molecule has 0 unspecified atom stereocenters. The number of piperazine rings is 1. The number of benzene rings is 2. The van der Waals surface area contributed by atoms with Crippen LogP contribution in [0.15, 0.2) is 66.0 Å². The summed E-state index contributed by atoms with van der Waals surface area (Å²) in [5.41, 5.74) is 3.17. The molecule has 0 saturated carbocycles. The highest BCUT2D eigenvalue weighted by Crippen LogP contribution is 2.23. The van der Waals surface area contributed by atoms with E-state index in [1.807, 2.05) is 46.7 Å². The molecule has 1 amide bonds. The molecular formula is C24H26N2O2S. The maximum atomic E-state index is 12.7. The van der Waals surface area contributed by atoms with Gasteiger partial charge in [0.15, 0.2) is 0 Å². The van der Waals surface area contributed by atoms with Crippen LogP contribution in [-0.4, -0.2) is 37.0 Å². The van der Waals surface area contributed by atoms with Crippen LogP contribution in [0.5, 0.6) is 5.75 Å². The van der Waals surface area contributed by atoms with E-state index in [9.17, 15) is 4.79 Å². The van der Waals surface area contributed by atoms with Gasteiger partial charge < -0.3 is 14.5 Å². The molecule has 0 bridgehead atoms. The fourth-order valence-electron chi connectivity index (χ4n) is 3.52. The zero-order valence-electron chi connectivity index (χ0n) is 16.7. The van der Waals surface area contributed by atoms with Gasteiger partial charge in [-0.15, -0.1) is 11.3 Å². The molecule has 0 radical (unpaired) electrons. The van der Waals surface area contributed by atoms with Crippen LogP contribution < -0.4 is 9.64 Å². The number of carbonyl (C=O) groups excluding carboxylic acids is 1. The molecule has 4 nitrogen and oxygen atoms in total. The summed E-state index contributed by atoms with van der Waals surface area (Å²) in [6.45, 7) is 5.90. The second-order valence-corrected chi connectivity index (χ2v) is 8.20. The lowest BCUT2D eigenvalue weighted by Crippen LogP contribution is -2.48. The Kier molecular flexibility index (Phi) is 6.15. The van der Waals surface area contributed by atoms with Crippen LogP contribution in [0.4, 0.5) is 5.69 Å². The zero-order valence-corrected chi connectivity index (χ0v) is 17.5. The average Bonchev–Trinajstić information content (AvgIpc) is 3.28. The van der Waals surface area contributed by atoms with Crippen LogP contribution in [-0.2, 0) is 13.0 Å². The summed E-state index contributed by atoms with van der Waals surface area (Å²) >= 11 is 1.67. The Hall–Kier alpha value is -2.79. The highest BCUT2D eigenvalue weighted by molar-refractivity contribution is 7.10. The number of nitrogens with zero attached hydrogens (tertiary/aromatic N) is 2. The van der Waals surface area contributed by atoms with Gasteiger partial charge in [0.1, 0.15) is 12.4 Å². The molecule has 1 fully saturated rings. The van der Waals surface area contributed by atoms with Gasteiger partial charge >= 0.3 is 0 Å². The van der Waals surface area contributed by atoms with Crippen LogP contribution in [0.2, 0.25) is 0 Å². The number of anilines is 1. The highest BCUT2D eigenvalue weighted by Gasteiger charge is 2.23. The molecule has 2 aromatic carbocycles. The SMILES string of the molecule is CCc1cc(C(=O)N2CCN(c3ccc(OCc4ccccc4)cc3)CC2)cs1. The number of amides is 1. The van der Waals surface area contributed by atoms with Gasteiger partial charge in [0.2, 0.25) is 0 Å². The van der Waals surface area contributed by atoms with Crippen molar-refractivity contribution >= 4 is 22.9 Å². The molecular weight excluding hydrogens is 380 g/mol. The van der Waals surface area contributed by atoms with Crippen molar-refractivity contribution in [1.29, 1.82) is 0 Å². The van der Waals surface area contributed by atoms with Crippen LogP contribution in [0.1, 0.15) is 27.7 Å². The van der Waals surface area contributed by atoms with Crippen molar-refractivity contribution in [1.82, 2.24) is 4.90 Å². The Morgan fingerprint density at radius 3 is 2.38 bits per heavy atom. The molecule has 5 heteroatoms. The van der Waals surface area contributed by atoms with E-state index in [2.05, 4.69) is 36.1 Å². The third-order valence-electron chi connectivity index (χ3n) is 5.27. The van der Waals surface area contributed by atoms with Crippen molar-refractivity contribution in [3.63, 3.8) is 0 Å². The second kappa shape index (κ2) is 9.14. The molecule has 4 rings (SSSR count). The van der Waals surface area contributed by atoms with Gasteiger partial charge in [0, 0.05) is 42.1 Å². The topological polar surface area (TPSA) is 32.8 Å². The lowest BCUT2D eigenvalue weighted by molar-refractivity contribution is 0.0747. The van der Waals surface area contributed by atoms with Gasteiger partial charge in [-0.2, -0.15) is 0 Å². The van der Waals surface area contributed by atoms with Crippen LogP contribution >= 0.6 is 11.3 Å². The summed E-state index contributed by atoms with van der Waals surface area (Å²) in [6, 6.07) is 20.5. The van der Waals surface area contributed by atoms with Gasteiger partial charge in [-0.1, -0.05) is 37.3 Å². The standard InChI is InChI=1S/C24H26N2O2S/c1-2-23-16-20(18-29-23)24(27)26-14-12-25(13-15-26)21-8-10-22(11-9-21)28-17-19-6-4-3-5-7-19/h3-11,16,18H,2,12-15,17H2,1H3. The lowest BCUT2D eigenvalue weighted by Gasteiger charge is -2.36. The zero-order chi connectivity index (χ0) is 20.1. The number of thiophene rings is 1. The molecule has 1 aromatic heterocycles. The smallest absolute Gasteiger partial charge is 0.254 e. The minimum absolute atomic E-state index is 0.158. The Morgan fingerprint density at radius 2 is 1.72 bits per heavy atom. The Morgan fingerprint density at radius 1 is 1.00 bits per heavy atom. The summed E-state index contributed by atoms with van der Waals surface area (Å²) in [7, 11) is 0. The van der Waals surface area contributed by atoms with Crippen LogP contribution in [0, 0.1) is 0 Å². The van der Waals surface area contributed by atoms with Gasteiger partial charge in [-0.3, -0.25) is 4.79 Å². The Labute approximate surface area is 176 Å². The van der Waals surface area contributed by atoms with Gasteiger partial charge in [0.05, 0.1) is 5.56 Å². The number of hydrogen-bond acceptors (Lipinski definition) is 4. The number of carbonyl (C=O) groups is 1. The van der Waals surface area contributed by atoms with E-state index in [-0.39, 0.29) is 5.91 Å². The molecule has 150 valence electrons. The van der Waals surface area contributed by atoms with Crippen molar-refractivity contribution in [2.75, 3.05) is 31.1 Å². The molecule has 29 heavy (non-hydrogen) atoms. The number of ether oxygens (including phenoxy) is 1. The maximum absolute atomic E-state index is 12.7. The number of aryl methyl sites for hydroxylation is 1. The first-order chi connectivity index (χ1) is 14.2. The number of hydrogen-bond donors (Lipinski definition) is 0. The van der Waals surface area contributed by atoms with E-state index in [1.165, 1.54) is 10.6 Å². The second-order valence-electron chi connectivity index (χ2n) is 7.20. The molecule has 3 aromatic rings. The van der Waals surface area contributed by atoms with Crippen LogP contribution in [0.25, 0.3) is 0 Å². The molecule has 0 aliphatic carbocycles. The van der Waals surface area contributed by atoms with E-state index in [1.54, 1.807) is 11.3 Å². The maximum Gasteiger partial charge on any atom is 0.254 e. The van der Waals surface area contributed by atoms with Gasteiger partial charge in [-0.25, -0.2) is 0 Å². The average molecular weight is 407 g/mol. The van der Waals surface area contributed by atoms with Crippen molar-refractivity contribution in [2.45, 2.75) is 20.0 Å². The largest absolute Gasteiger partial charge is 0.489 e. The quantitative estimate of drug-likeness (QED) is 0.587. The predicted octanol–water partition coefficient (Wildman–Crippen LogP) is 4.85. The summed E-state index contributed by atoms with van der Waals surface area (Å²) in [5.74, 6) is 1.03. The van der Waals surface area contributed by atoms with E-state index in [0.717, 1.165) is 49.5 Å². The fourth-order valence-corrected chi connectivity index (χ4v) is 4.33. The normalized spacial score (nSPS) is 14.1. The Balaban J connectivity index is 1.29. The molecule has 1 saturated heterocycles. The first-order valence-corrected chi connectivity index (χ1v) is 11.0. The first-order valence-electron chi connectivity index (χ1n) is 10.1.